The highest BCUT2D eigenvalue weighted by Gasteiger charge is 2.24. The molecule has 1 aromatic rings. The first-order valence-electron chi connectivity index (χ1n) is 7.75. The second-order valence-electron chi connectivity index (χ2n) is 5.48. The molecule has 19 heavy (non-hydrogen) atoms. The van der Waals surface area contributed by atoms with E-state index in [9.17, 15) is 0 Å². The molecule has 1 atom stereocenters. The van der Waals surface area contributed by atoms with Gasteiger partial charge in [0.15, 0.2) is 0 Å². The number of benzene rings is 1. The quantitative estimate of drug-likeness (QED) is 0.842. The van der Waals surface area contributed by atoms with Crippen LogP contribution in [-0.2, 0) is 11.2 Å². The third kappa shape index (κ3) is 4.05. The highest BCUT2D eigenvalue weighted by atomic mass is 16.5. The van der Waals surface area contributed by atoms with Gasteiger partial charge in [0, 0.05) is 19.3 Å². The Bertz CT molecular complexity index is 371. The molecule has 0 amide bonds. The average molecular weight is 261 g/mol. The highest BCUT2D eigenvalue weighted by Crippen LogP contribution is 2.30. The van der Waals surface area contributed by atoms with E-state index in [1.54, 1.807) is 0 Å². The molecule has 0 bridgehead atoms. The molecule has 1 fully saturated rings. The van der Waals surface area contributed by atoms with Gasteiger partial charge >= 0.3 is 0 Å². The first-order valence-corrected chi connectivity index (χ1v) is 7.75. The second kappa shape index (κ2) is 7.66. The maximum atomic E-state index is 5.50. The molecule has 2 nitrogen and oxygen atoms in total. The van der Waals surface area contributed by atoms with Crippen molar-refractivity contribution in [3.63, 3.8) is 0 Å². The van der Waals surface area contributed by atoms with E-state index in [2.05, 4.69) is 43.4 Å². The minimum Gasteiger partial charge on any atom is -0.381 e. The Hall–Kier alpha value is -0.860. The molecule has 0 radical (unpaired) electrons. The summed E-state index contributed by atoms with van der Waals surface area (Å²) in [6, 6.07) is 9.63. The van der Waals surface area contributed by atoms with E-state index >= 15 is 0 Å². The lowest BCUT2D eigenvalue weighted by molar-refractivity contribution is 0.0538. The molecular weight excluding hydrogens is 234 g/mol. The van der Waals surface area contributed by atoms with Crippen molar-refractivity contribution in [3.8, 4) is 0 Å². The summed E-state index contributed by atoms with van der Waals surface area (Å²) >= 11 is 0. The van der Waals surface area contributed by atoms with Crippen molar-refractivity contribution in [2.45, 2.75) is 45.6 Å². The normalized spacial score (nSPS) is 18.4. The summed E-state index contributed by atoms with van der Waals surface area (Å²) in [5, 5.41) is 3.68. The zero-order valence-corrected chi connectivity index (χ0v) is 12.3. The predicted octanol–water partition coefficient (Wildman–Crippen LogP) is 3.72. The van der Waals surface area contributed by atoms with Gasteiger partial charge in [-0.2, -0.15) is 0 Å². The molecule has 0 aromatic heterocycles. The van der Waals surface area contributed by atoms with Crippen LogP contribution in [0.15, 0.2) is 24.3 Å². The lowest BCUT2D eigenvalue weighted by Gasteiger charge is -2.31. The van der Waals surface area contributed by atoms with Gasteiger partial charge in [0.1, 0.15) is 0 Å². The molecule has 1 saturated heterocycles. The molecule has 1 heterocycles. The summed E-state index contributed by atoms with van der Waals surface area (Å²) in [7, 11) is 0. The van der Waals surface area contributed by atoms with Crippen LogP contribution in [0.2, 0.25) is 0 Å². The van der Waals surface area contributed by atoms with Crippen LogP contribution in [0.3, 0.4) is 0 Å². The molecule has 1 N–H and O–H groups in total. The third-order valence-electron chi connectivity index (χ3n) is 4.01. The van der Waals surface area contributed by atoms with Crippen molar-refractivity contribution in [2.75, 3.05) is 19.8 Å². The Labute approximate surface area is 117 Å². The van der Waals surface area contributed by atoms with Gasteiger partial charge in [-0.05, 0) is 42.9 Å². The van der Waals surface area contributed by atoms with Crippen LogP contribution in [0.5, 0.6) is 0 Å². The van der Waals surface area contributed by atoms with Gasteiger partial charge in [-0.25, -0.2) is 0 Å². The van der Waals surface area contributed by atoms with Crippen molar-refractivity contribution < 1.29 is 4.74 Å². The predicted molar refractivity (Wildman–Crippen MR) is 80.4 cm³/mol. The van der Waals surface area contributed by atoms with Crippen LogP contribution in [0.4, 0.5) is 0 Å². The molecule has 1 aliphatic rings. The van der Waals surface area contributed by atoms with Crippen molar-refractivity contribution in [1.82, 2.24) is 5.32 Å². The second-order valence-corrected chi connectivity index (χ2v) is 5.48. The number of hydrogen-bond donors (Lipinski definition) is 1. The summed E-state index contributed by atoms with van der Waals surface area (Å²) in [4.78, 5) is 0. The maximum absolute atomic E-state index is 5.50. The largest absolute Gasteiger partial charge is 0.381 e. The minimum absolute atomic E-state index is 0.491. The summed E-state index contributed by atoms with van der Waals surface area (Å²) < 4.78 is 5.50. The molecule has 2 rings (SSSR count). The van der Waals surface area contributed by atoms with E-state index < -0.39 is 0 Å². The monoisotopic (exact) mass is 261 g/mol. The summed E-state index contributed by atoms with van der Waals surface area (Å²) in [6.45, 7) is 7.30. The molecule has 2 heteroatoms. The molecule has 1 aromatic carbocycles. The number of aryl methyl sites for hydroxylation is 1. The zero-order chi connectivity index (χ0) is 13.5. The number of hydrogen-bond acceptors (Lipinski definition) is 2. The molecule has 1 unspecified atom stereocenters. The number of nitrogens with one attached hydrogen (secondary N) is 1. The Kier molecular flexibility index (Phi) is 5.87. The van der Waals surface area contributed by atoms with Crippen molar-refractivity contribution in [2.24, 2.45) is 5.92 Å². The molecule has 1 aliphatic heterocycles. The standard InChI is InChI=1S/C17H27NO/c1-3-6-14-7-5-8-16(13-14)17(18-4-2)15-9-11-19-12-10-15/h5,7-8,13,15,17-18H,3-4,6,9-12H2,1-2H3. The van der Waals surface area contributed by atoms with E-state index in [-0.39, 0.29) is 0 Å². The molecule has 0 spiro atoms. The Morgan fingerprint density at radius 2 is 2.05 bits per heavy atom. The van der Waals surface area contributed by atoms with E-state index in [1.165, 1.54) is 36.8 Å². The van der Waals surface area contributed by atoms with Gasteiger partial charge in [0.05, 0.1) is 0 Å². The zero-order valence-electron chi connectivity index (χ0n) is 12.3. The van der Waals surface area contributed by atoms with Gasteiger partial charge < -0.3 is 10.1 Å². The highest BCUT2D eigenvalue weighted by molar-refractivity contribution is 5.27. The topological polar surface area (TPSA) is 21.3 Å². The van der Waals surface area contributed by atoms with Gasteiger partial charge in [-0.1, -0.05) is 44.5 Å². The van der Waals surface area contributed by atoms with Crippen LogP contribution in [0.25, 0.3) is 0 Å². The molecule has 0 aliphatic carbocycles. The number of rotatable bonds is 6. The maximum Gasteiger partial charge on any atom is 0.0469 e. The van der Waals surface area contributed by atoms with E-state index in [0.717, 1.165) is 19.8 Å². The number of ether oxygens (including phenoxy) is 1. The third-order valence-corrected chi connectivity index (χ3v) is 4.01. The fourth-order valence-corrected chi connectivity index (χ4v) is 3.06. The molecule has 106 valence electrons. The van der Waals surface area contributed by atoms with Gasteiger partial charge in [-0.3, -0.25) is 0 Å². The lowest BCUT2D eigenvalue weighted by Crippen LogP contribution is -2.32. The Morgan fingerprint density at radius 3 is 2.74 bits per heavy atom. The van der Waals surface area contributed by atoms with E-state index in [0.29, 0.717) is 12.0 Å². The molecule has 0 saturated carbocycles. The van der Waals surface area contributed by atoms with Crippen LogP contribution in [0.1, 0.15) is 50.3 Å². The van der Waals surface area contributed by atoms with Crippen LogP contribution < -0.4 is 5.32 Å². The van der Waals surface area contributed by atoms with Crippen LogP contribution in [0, 0.1) is 5.92 Å². The van der Waals surface area contributed by atoms with Crippen molar-refractivity contribution in [1.29, 1.82) is 0 Å². The summed E-state index contributed by atoms with van der Waals surface area (Å²) in [6.07, 6.45) is 4.75. The minimum atomic E-state index is 0.491. The van der Waals surface area contributed by atoms with Crippen LogP contribution in [-0.4, -0.2) is 19.8 Å². The van der Waals surface area contributed by atoms with Gasteiger partial charge in [-0.15, -0.1) is 0 Å². The molecular formula is C17H27NO. The lowest BCUT2D eigenvalue weighted by atomic mass is 9.86. The van der Waals surface area contributed by atoms with Crippen molar-refractivity contribution in [3.05, 3.63) is 35.4 Å². The summed E-state index contributed by atoms with van der Waals surface area (Å²) in [5.41, 5.74) is 2.93. The smallest absolute Gasteiger partial charge is 0.0469 e. The average Bonchev–Trinajstić information content (AvgIpc) is 2.46. The van der Waals surface area contributed by atoms with Gasteiger partial charge in [0.25, 0.3) is 0 Å². The first-order chi connectivity index (χ1) is 9.35. The fraction of sp³-hybridized carbons (Fsp3) is 0.647. The van der Waals surface area contributed by atoms with Crippen LogP contribution >= 0.6 is 0 Å². The Balaban J connectivity index is 2.14. The van der Waals surface area contributed by atoms with Crippen molar-refractivity contribution >= 4 is 0 Å². The fourth-order valence-electron chi connectivity index (χ4n) is 3.06. The summed E-state index contributed by atoms with van der Waals surface area (Å²) in [5.74, 6) is 0.713. The van der Waals surface area contributed by atoms with E-state index in [1.807, 2.05) is 0 Å². The SMILES string of the molecule is CCCc1cccc(C(NCC)C2CCOCC2)c1. The Morgan fingerprint density at radius 1 is 1.26 bits per heavy atom. The van der Waals surface area contributed by atoms with Gasteiger partial charge in [0.2, 0.25) is 0 Å². The first kappa shape index (κ1) is 14.5. The van der Waals surface area contributed by atoms with E-state index in [4.69, 9.17) is 4.74 Å².